The molecular formula is C19H25N5OS. The van der Waals surface area contributed by atoms with Gasteiger partial charge in [0.15, 0.2) is 0 Å². The van der Waals surface area contributed by atoms with Crippen molar-refractivity contribution in [2.45, 2.75) is 45.6 Å². The second-order valence-electron chi connectivity index (χ2n) is 7.01. The van der Waals surface area contributed by atoms with Gasteiger partial charge in [-0.3, -0.25) is 14.4 Å². The van der Waals surface area contributed by atoms with Crippen LogP contribution in [-0.2, 0) is 31.2 Å². The molecule has 6 nitrogen and oxygen atoms in total. The van der Waals surface area contributed by atoms with Gasteiger partial charge in [-0.05, 0) is 45.2 Å². The van der Waals surface area contributed by atoms with Gasteiger partial charge in [-0.1, -0.05) is 6.42 Å². The summed E-state index contributed by atoms with van der Waals surface area (Å²) in [5.41, 5.74) is 3.92. The molecule has 1 aliphatic rings. The molecular weight excluding hydrogens is 346 g/mol. The third-order valence-electron chi connectivity index (χ3n) is 4.75. The molecule has 26 heavy (non-hydrogen) atoms. The molecule has 0 radical (unpaired) electrons. The molecule has 2 aromatic heterocycles. The molecule has 0 saturated heterocycles. The molecule has 1 aliphatic carbocycles. The molecule has 3 rings (SSSR count). The van der Waals surface area contributed by atoms with Crippen LogP contribution in [0.5, 0.6) is 0 Å². The zero-order chi connectivity index (χ0) is 18.7. The maximum absolute atomic E-state index is 12.5. The fourth-order valence-electron chi connectivity index (χ4n) is 3.51. The number of thiophene rings is 1. The van der Waals surface area contributed by atoms with Crippen LogP contribution in [0.2, 0.25) is 0 Å². The highest BCUT2D eigenvalue weighted by Gasteiger charge is 2.21. The van der Waals surface area contributed by atoms with Gasteiger partial charge in [0.1, 0.15) is 11.1 Å². The largest absolute Gasteiger partial charge is 0.315 e. The number of nitrogens with one attached hydrogen (secondary N) is 1. The van der Waals surface area contributed by atoms with E-state index in [1.807, 2.05) is 32.1 Å². The monoisotopic (exact) mass is 371 g/mol. The lowest BCUT2D eigenvalue weighted by Gasteiger charge is -2.15. The Kier molecular flexibility index (Phi) is 5.74. The molecule has 1 N–H and O–H groups in total. The highest BCUT2D eigenvalue weighted by atomic mass is 32.1. The minimum Gasteiger partial charge on any atom is -0.315 e. The lowest BCUT2D eigenvalue weighted by Crippen LogP contribution is -2.29. The molecule has 0 spiro atoms. The number of hydrogen-bond acceptors (Lipinski definition) is 5. The Bertz CT molecular complexity index is 845. The SMILES string of the molecule is Cc1nn(C)cc1CN(C)CC(=O)Nc1sc2c(c1C#N)CCCCC2. The standard InChI is InChI=1S/C19H25N5OS/c1-13-14(11-24(3)22-13)10-23(2)12-18(25)21-19-16(9-20)15-7-5-4-6-8-17(15)26-19/h11H,4-8,10,12H2,1-3H3,(H,21,25). The average molecular weight is 372 g/mol. The Morgan fingerprint density at radius 3 is 2.88 bits per heavy atom. The molecule has 0 bridgehead atoms. The Hall–Kier alpha value is -2.17. The number of carbonyl (C=O) groups is 1. The maximum atomic E-state index is 12.5. The van der Waals surface area contributed by atoms with Crippen molar-refractivity contribution in [1.82, 2.24) is 14.7 Å². The number of nitriles is 1. The lowest BCUT2D eigenvalue weighted by molar-refractivity contribution is -0.117. The average Bonchev–Trinajstić information content (AvgIpc) is 2.95. The van der Waals surface area contributed by atoms with Crippen molar-refractivity contribution < 1.29 is 4.79 Å². The molecule has 0 atom stereocenters. The number of likely N-dealkylation sites (N-methyl/N-ethyl adjacent to an activating group) is 1. The summed E-state index contributed by atoms with van der Waals surface area (Å²) in [7, 11) is 3.81. The van der Waals surface area contributed by atoms with E-state index in [0.717, 1.165) is 41.1 Å². The normalized spacial score (nSPS) is 14.0. The number of aryl methyl sites for hydroxylation is 3. The van der Waals surface area contributed by atoms with E-state index < -0.39 is 0 Å². The van der Waals surface area contributed by atoms with Crippen molar-refractivity contribution in [2.75, 3.05) is 18.9 Å². The Balaban J connectivity index is 1.65. The van der Waals surface area contributed by atoms with Crippen LogP contribution < -0.4 is 5.32 Å². The number of rotatable bonds is 5. The third kappa shape index (κ3) is 4.14. The van der Waals surface area contributed by atoms with Gasteiger partial charge in [-0.25, -0.2) is 0 Å². The van der Waals surface area contributed by atoms with Crippen molar-refractivity contribution in [2.24, 2.45) is 7.05 Å². The summed E-state index contributed by atoms with van der Waals surface area (Å²) in [4.78, 5) is 15.7. The van der Waals surface area contributed by atoms with E-state index in [1.54, 1.807) is 16.0 Å². The summed E-state index contributed by atoms with van der Waals surface area (Å²) in [5, 5.41) is 17.6. The minimum absolute atomic E-state index is 0.0815. The van der Waals surface area contributed by atoms with Crippen LogP contribution in [0.15, 0.2) is 6.20 Å². The quantitative estimate of drug-likeness (QED) is 0.820. The van der Waals surface area contributed by atoms with E-state index in [-0.39, 0.29) is 12.5 Å². The van der Waals surface area contributed by atoms with E-state index in [2.05, 4.69) is 16.5 Å². The van der Waals surface area contributed by atoms with Crippen molar-refractivity contribution in [1.29, 1.82) is 5.26 Å². The molecule has 138 valence electrons. The zero-order valence-corrected chi connectivity index (χ0v) is 16.4. The van der Waals surface area contributed by atoms with Crippen LogP contribution in [0.4, 0.5) is 5.00 Å². The number of carbonyl (C=O) groups excluding carboxylic acids is 1. The summed E-state index contributed by atoms with van der Waals surface area (Å²) in [6, 6.07) is 2.31. The van der Waals surface area contributed by atoms with Gasteiger partial charge in [0.2, 0.25) is 5.91 Å². The van der Waals surface area contributed by atoms with Gasteiger partial charge in [-0.15, -0.1) is 11.3 Å². The van der Waals surface area contributed by atoms with Gasteiger partial charge in [0.25, 0.3) is 0 Å². The summed E-state index contributed by atoms with van der Waals surface area (Å²) in [6.07, 6.45) is 7.45. The summed E-state index contributed by atoms with van der Waals surface area (Å²) in [5.74, 6) is -0.0815. The van der Waals surface area contributed by atoms with Crippen LogP contribution >= 0.6 is 11.3 Å². The zero-order valence-electron chi connectivity index (χ0n) is 15.6. The first-order valence-corrected chi connectivity index (χ1v) is 9.81. The number of anilines is 1. The van der Waals surface area contributed by atoms with E-state index in [0.29, 0.717) is 12.1 Å². The van der Waals surface area contributed by atoms with Crippen LogP contribution in [0, 0.1) is 18.3 Å². The lowest BCUT2D eigenvalue weighted by atomic mass is 10.1. The predicted molar refractivity (Wildman–Crippen MR) is 103 cm³/mol. The van der Waals surface area contributed by atoms with Gasteiger partial charge in [-0.2, -0.15) is 10.4 Å². The number of nitrogens with zero attached hydrogens (tertiary/aromatic N) is 4. The fourth-order valence-corrected chi connectivity index (χ4v) is 4.77. The Morgan fingerprint density at radius 2 is 2.19 bits per heavy atom. The highest BCUT2D eigenvalue weighted by Crippen LogP contribution is 2.36. The van der Waals surface area contributed by atoms with E-state index >= 15 is 0 Å². The Morgan fingerprint density at radius 1 is 1.42 bits per heavy atom. The first kappa shape index (κ1) is 18.6. The van der Waals surface area contributed by atoms with Crippen LogP contribution in [0.3, 0.4) is 0 Å². The molecule has 0 fully saturated rings. The van der Waals surface area contributed by atoms with Gasteiger partial charge >= 0.3 is 0 Å². The molecule has 2 heterocycles. The topological polar surface area (TPSA) is 74.0 Å². The molecule has 0 saturated carbocycles. The van der Waals surface area contributed by atoms with Crippen molar-refractivity contribution in [3.63, 3.8) is 0 Å². The summed E-state index contributed by atoms with van der Waals surface area (Å²) in [6.45, 7) is 2.92. The third-order valence-corrected chi connectivity index (χ3v) is 5.96. The Labute approximate surface area is 158 Å². The van der Waals surface area contributed by atoms with E-state index in [4.69, 9.17) is 0 Å². The van der Waals surface area contributed by atoms with Gasteiger partial charge in [0.05, 0.1) is 17.8 Å². The van der Waals surface area contributed by atoms with Gasteiger partial charge < -0.3 is 5.32 Å². The molecule has 0 aromatic carbocycles. The fraction of sp³-hybridized carbons (Fsp3) is 0.526. The first-order chi connectivity index (χ1) is 12.5. The van der Waals surface area contributed by atoms with Crippen molar-refractivity contribution >= 4 is 22.2 Å². The minimum atomic E-state index is -0.0815. The summed E-state index contributed by atoms with van der Waals surface area (Å²) >= 11 is 1.58. The maximum Gasteiger partial charge on any atom is 0.239 e. The summed E-state index contributed by atoms with van der Waals surface area (Å²) < 4.78 is 1.79. The second-order valence-corrected chi connectivity index (χ2v) is 8.12. The van der Waals surface area contributed by atoms with Crippen molar-refractivity contribution in [3.05, 3.63) is 33.5 Å². The number of hydrogen-bond donors (Lipinski definition) is 1. The number of amides is 1. The molecule has 7 heteroatoms. The molecule has 0 unspecified atom stereocenters. The second kappa shape index (κ2) is 8.02. The van der Waals surface area contributed by atoms with Gasteiger partial charge in [0, 0.05) is 30.2 Å². The smallest absolute Gasteiger partial charge is 0.239 e. The van der Waals surface area contributed by atoms with Crippen LogP contribution in [0.1, 0.15) is 46.5 Å². The van der Waals surface area contributed by atoms with Crippen molar-refractivity contribution in [3.8, 4) is 6.07 Å². The van der Waals surface area contributed by atoms with Crippen LogP contribution in [0.25, 0.3) is 0 Å². The van der Waals surface area contributed by atoms with E-state index in [1.165, 1.54) is 17.7 Å². The first-order valence-electron chi connectivity index (χ1n) is 9.00. The molecule has 1 amide bonds. The number of aromatic nitrogens is 2. The highest BCUT2D eigenvalue weighted by molar-refractivity contribution is 7.16. The number of fused-ring (bicyclic) bond motifs is 1. The van der Waals surface area contributed by atoms with E-state index in [9.17, 15) is 10.1 Å². The predicted octanol–water partition coefficient (Wildman–Crippen LogP) is 3.00. The van der Waals surface area contributed by atoms with Crippen LogP contribution in [-0.4, -0.2) is 34.2 Å². The molecule has 0 aliphatic heterocycles. The molecule has 2 aromatic rings.